The van der Waals surface area contributed by atoms with E-state index in [0.717, 1.165) is 19.4 Å². The van der Waals surface area contributed by atoms with Crippen molar-refractivity contribution in [2.75, 3.05) is 30.0 Å². The van der Waals surface area contributed by atoms with Crippen molar-refractivity contribution in [2.24, 2.45) is 5.73 Å². The van der Waals surface area contributed by atoms with E-state index < -0.39 is 9.84 Å². The number of sulfone groups is 1. The molecule has 1 aliphatic heterocycles. The lowest BCUT2D eigenvalue weighted by molar-refractivity contribution is 0.492. The maximum atomic E-state index is 12.0. The van der Waals surface area contributed by atoms with Crippen molar-refractivity contribution in [3.8, 4) is 0 Å². The summed E-state index contributed by atoms with van der Waals surface area (Å²) in [5, 5.41) is 4.42. The van der Waals surface area contributed by atoms with Gasteiger partial charge in [-0.3, -0.25) is 0 Å². The SMILES string of the molecule is CC(C)n1nc(N2CCCC(N)C2)c(S(C)(=O)=O)c1N. The first-order valence-electron chi connectivity index (χ1n) is 6.80. The van der Waals surface area contributed by atoms with Gasteiger partial charge in [-0.05, 0) is 26.7 Å². The van der Waals surface area contributed by atoms with Gasteiger partial charge in [0.2, 0.25) is 0 Å². The zero-order valence-corrected chi connectivity index (χ0v) is 13.0. The van der Waals surface area contributed by atoms with Crippen molar-refractivity contribution in [2.45, 2.75) is 43.7 Å². The number of aromatic nitrogens is 2. The van der Waals surface area contributed by atoms with Crippen molar-refractivity contribution in [1.29, 1.82) is 0 Å². The molecule has 1 saturated heterocycles. The van der Waals surface area contributed by atoms with Crippen molar-refractivity contribution in [3.63, 3.8) is 0 Å². The second kappa shape index (κ2) is 5.25. The van der Waals surface area contributed by atoms with Crippen LogP contribution in [0.3, 0.4) is 0 Å². The lowest BCUT2D eigenvalue weighted by atomic mass is 10.1. The third kappa shape index (κ3) is 2.76. The molecule has 0 amide bonds. The largest absolute Gasteiger partial charge is 0.383 e. The quantitative estimate of drug-likeness (QED) is 0.835. The number of nitrogen functional groups attached to an aromatic ring is 1. The summed E-state index contributed by atoms with van der Waals surface area (Å²) >= 11 is 0. The van der Waals surface area contributed by atoms with Crippen molar-refractivity contribution >= 4 is 21.5 Å². The standard InChI is InChI=1S/C12H23N5O2S/c1-8(2)17-11(14)10(20(3,18)19)12(15-17)16-6-4-5-9(13)7-16/h8-9H,4-7,13-14H2,1-3H3. The second-order valence-corrected chi connectivity index (χ2v) is 7.65. The predicted molar refractivity (Wildman–Crippen MR) is 79.6 cm³/mol. The Hall–Kier alpha value is -1.28. The molecule has 2 heterocycles. The predicted octanol–water partition coefficient (Wildman–Crippen LogP) is 0.377. The molecule has 1 aromatic heterocycles. The number of nitrogens with zero attached hydrogens (tertiary/aromatic N) is 3. The van der Waals surface area contributed by atoms with Crippen LogP contribution in [0.25, 0.3) is 0 Å². The topological polar surface area (TPSA) is 107 Å². The normalized spacial score (nSPS) is 20.6. The van der Waals surface area contributed by atoms with Gasteiger partial charge in [0.1, 0.15) is 5.82 Å². The van der Waals surface area contributed by atoms with Crippen LogP contribution in [0.5, 0.6) is 0 Å². The highest BCUT2D eigenvalue weighted by Crippen LogP contribution is 2.33. The third-order valence-corrected chi connectivity index (χ3v) is 4.64. The van der Waals surface area contributed by atoms with Gasteiger partial charge >= 0.3 is 0 Å². The maximum Gasteiger partial charge on any atom is 0.182 e. The zero-order chi connectivity index (χ0) is 15.1. The summed E-state index contributed by atoms with van der Waals surface area (Å²) in [6, 6.07) is 0.0456. The van der Waals surface area contributed by atoms with E-state index >= 15 is 0 Å². The van der Waals surface area contributed by atoms with Gasteiger partial charge < -0.3 is 16.4 Å². The van der Waals surface area contributed by atoms with Gasteiger partial charge in [0.25, 0.3) is 0 Å². The summed E-state index contributed by atoms with van der Waals surface area (Å²) in [5.41, 5.74) is 12.0. The van der Waals surface area contributed by atoms with E-state index in [4.69, 9.17) is 11.5 Å². The van der Waals surface area contributed by atoms with Gasteiger partial charge in [-0.25, -0.2) is 13.1 Å². The third-order valence-electron chi connectivity index (χ3n) is 3.50. The highest BCUT2D eigenvalue weighted by atomic mass is 32.2. The first-order valence-corrected chi connectivity index (χ1v) is 8.69. The van der Waals surface area contributed by atoms with Crippen LogP contribution in [0.4, 0.5) is 11.6 Å². The number of rotatable bonds is 3. The summed E-state index contributed by atoms with van der Waals surface area (Å²) in [4.78, 5) is 2.06. The number of hydrogen-bond acceptors (Lipinski definition) is 6. The molecule has 20 heavy (non-hydrogen) atoms. The molecule has 0 saturated carbocycles. The van der Waals surface area contributed by atoms with Crippen molar-refractivity contribution in [1.82, 2.24) is 9.78 Å². The molecule has 7 nitrogen and oxygen atoms in total. The molecule has 0 spiro atoms. The summed E-state index contributed by atoms with van der Waals surface area (Å²) in [7, 11) is -3.43. The first kappa shape index (κ1) is 15.1. The molecule has 1 unspecified atom stereocenters. The molecule has 4 N–H and O–H groups in total. The highest BCUT2D eigenvalue weighted by molar-refractivity contribution is 7.91. The molecule has 1 aliphatic rings. The Kier molecular flexibility index (Phi) is 3.97. The van der Waals surface area contributed by atoms with Crippen LogP contribution in [-0.4, -0.2) is 43.6 Å². The fraction of sp³-hybridized carbons (Fsp3) is 0.750. The molecule has 114 valence electrons. The van der Waals surface area contributed by atoms with Crippen LogP contribution >= 0.6 is 0 Å². The highest BCUT2D eigenvalue weighted by Gasteiger charge is 2.30. The summed E-state index contributed by atoms with van der Waals surface area (Å²) in [6.45, 7) is 5.20. The summed E-state index contributed by atoms with van der Waals surface area (Å²) < 4.78 is 25.6. The summed E-state index contributed by atoms with van der Waals surface area (Å²) in [6.07, 6.45) is 3.04. The van der Waals surface area contributed by atoms with Gasteiger partial charge in [0.15, 0.2) is 20.6 Å². The van der Waals surface area contributed by atoms with Crippen LogP contribution in [0.1, 0.15) is 32.7 Å². The van der Waals surface area contributed by atoms with E-state index in [0.29, 0.717) is 12.4 Å². The van der Waals surface area contributed by atoms with Crippen molar-refractivity contribution in [3.05, 3.63) is 0 Å². The number of hydrogen-bond donors (Lipinski definition) is 2. The van der Waals surface area contributed by atoms with Crippen LogP contribution in [0, 0.1) is 0 Å². The molecule has 0 bridgehead atoms. The molecule has 1 fully saturated rings. The minimum atomic E-state index is -3.43. The van der Waals surface area contributed by atoms with Gasteiger partial charge in [0.05, 0.1) is 0 Å². The van der Waals surface area contributed by atoms with Crippen molar-refractivity contribution < 1.29 is 8.42 Å². The minimum absolute atomic E-state index is 0.00251. The van der Waals surface area contributed by atoms with E-state index in [9.17, 15) is 8.42 Å². The van der Waals surface area contributed by atoms with Gasteiger partial charge in [-0.1, -0.05) is 0 Å². The maximum absolute atomic E-state index is 12.0. The first-order chi connectivity index (χ1) is 9.21. The Morgan fingerprint density at radius 2 is 2.05 bits per heavy atom. The number of anilines is 2. The van der Waals surface area contributed by atoms with E-state index in [-0.39, 0.29) is 22.8 Å². The Labute approximate surface area is 119 Å². The Morgan fingerprint density at radius 1 is 1.40 bits per heavy atom. The van der Waals surface area contributed by atoms with E-state index in [1.165, 1.54) is 6.26 Å². The van der Waals surface area contributed by atoms with Crippen LogP contribution < -0.4 is 16.4 Å². The van der Waals surface area contributed by atoms with Gasteiger partial charge in [-0.2, -0.15) is 5.10 Å². The summed E-state index contributed by atoms with van der Waals surface area (Å²) in [5.74, 6) is 0.644. The molecule has 0 aliphatic carbocycles. The van der Waals surface area contributed by atoms with Crippen LogP contribution in [-0.2, 0) is 9.84 Å². The molecular weight excluding hydrogens is 278 g/mol. The number of nitrogens with two attached hydrogens (primary N) is 2. The fourth-order valence-electron chi connectivity index (χ4n) is 2.58. The molecule has 8 heteroatoms. The molecular formula is C12H23N5O2S. The van der Waals surface area contributed by atoms with Gasteiger partial charge in [-0.15, -0.1) is 0 Å². The average molecular weight is 301 g/mol. The molecule has 1 atom stereocenters. The Balaban J connectivity index is 2.54. The Morgan fingerprint density at radius 3 is 2.55 bits per heavy atom. The minimum Gasteiger partial charge on any atom is -0.383 e. The second-order valence-electron chi connectivity index (χ2n) is 5.70. The Bertz CT molecular complexity index is 593. The zero-order valence-electron chi connectivity index (χ0n) is 12.2. The fourth-order valence-corrected chi connectivity index (χ4v) is 3.55. The monoisotopic (exact) mass is 301 g/mol. The molecule has 2 rings (SSSR count). The van der Waals surface area contributed by atoms with E-state index in [2.05, 4.69) is 5.10 Å². The lowest BCUT2D eigenvalue weighted by Crippen LogP contribution is -2.43. The smallest absolute Gasteiger partial charge is 0.182 e. The van der Waals surface area contributed by atoms with E-state index in [1.54, 1.807) is 4.68 Å². The number of piperidine rings is 1. The van der Waals surface area contributed by atoms with Crippen LogP contribution in [0.15, 0.2) is 4.90 Å². The van der Waals surface area contributed by atoms with Crippen LogP contribution in [0.2, 0.25) is 0 Å². The van der Waals surface area contributed by atoms with E-state index in [1.807, 2.05) is 18.7 Å². The molecule has 0 radical (unpaired) electrons. The average Bonchev–Trinajstić information content (AvgIpc) is 2.66. The molecule has 0 aromatic carbocycles. The van der Waals surface area contributed by atoms with Gasteiger partial charge in [0, 0.05) is 31.4 Å². The lowest BCUT2D eigenvalue weighted by Gasteiger charge is -2.31. The molecule has 1 aromatic rings.